The van der Waals surface area contributed by atoms with Gasteiger partial charge in [-0.05, 0) is 18.2 Å². The Bertz CT molecular complexity index is 249. The molecule has 0 radical (unpaired) electrons. The van der Waals surface area contributed by atoms with Crippen LogP contribution in [0.4, 0.5) is 0 Å². The quantitative estimate of drug-likeness (QED) is 0.533. The molecule has 1 rings (SSSR count). The highest BCUT2D eigenvalue weighted by Gasteiger charge is 2.00. The number of phenolic OH excluding ortho intramolecular Hbond substituents is 1. The molecule has 0 amide bonds. The first kappa shape index (κ1) is 8.33. The van der Waals surface area contributed by atoms with Gasteiger partial charge in [-0.1, -0.05) is 11.6 Å². The SMILES string of the molecule is OOCc1cc(Cl)ccc1O. The number of hydrogen-bond donors (Lipinski definition) is 2. The number of benzene rings is 1. The van der Waals surface area contributed by atoms with Crippen LogP contribution in [0.2, 0.25) is 5.02 Å². The van der Waals surface area contributed by atoms with Crippen LogP contribution in [0.5, 0.6) is 5.75 Å². The molecule has 2 N–H and O–H groups in total. The van der Waals surface area contributed by atoms with Gasteiger partial charge in [-0.2, -0.15) is 0 Å². The van der Waals surface area contributed by atoms with Crippen molar-refractivity contribution in [2.24, 2.45) is 0 Å². The molecule has 0 heterocycles. The lowest BCUT2D eigenvalue weighted by molar-refractivity contribution is -0.253. The Morgan fingerprint density at radius 3 is 2.82 bits per heavy atom. The normalized spacial score (nSPS) is 10.0. The first-order chi connectivity index (χ1) is 5.24. The lowest BCUT2D eigenvalue weighted by Crippen LogP contribution is -1.87. The Labute approximate surface area is 68.7 Å². The van der Waals surface area contributed by atoms with Gasteiger partial charge in [0.05, 0.1) is 0 Å². The van der Waals surface area contributed by atoms with Crippen molar-refractivity contribution >= 4 is 11.6 Å². The van der Waals surface area contributed by atoms with Crippen LogP contribution < -0.4 is 0 Å². The monoisotopic (exact) mass is 174 g/mol. The average Bonchev–Trinajstić information content (AvgIpc) is 1.98. The van der Waals surface area contributed by atoms with Gasteiger partial charge in [0, 0.05) is 10.6 Å². The van der Waals surface area contributed by atoms with E-state index in [-0.39, 0.29) is 12.4 Å². The van der Waals surface area contributed by atoms with Crippen molar-refractivity contribution in [2.75, 3.05) is 0 Å². The molecule has 1 aromatic carbocycles. The van der Waals surface area contributed by atoms with Crippen LogP contribution in [0, 0.1) is 0 Å². The van der Waals surface area contributed by atoms with Crippen molar-refractivity contribution in [3.05, 3.63) is 28.8 Å². The fourth-order valence-electron chi connectivity index (χ4n) is 0.739. The zero-order valence-electron chi connectivity index (χ0n) is 5.62. The standard InChI is InChI=1S/C7H7ClO3/c8-6-1-2-7(9)5(3-6)4-11-10/h1-3,9-10H,4H2. The molecule has 0 aromatic heterocycles. The number of halogens is 1. The van der Waals surface area contributed by atoms with Crippen molar-refractivity contribution < 1.29 is 15.3 Å². The Balaban J connectivity index is 2.93. The second-order valence-corrected chi connectivity index (χ2v) is 2.48. The predicted molar refractivity (Wildman–Crippen MR) is 40.5 cm³/mol. The second kappa shape index (κ2) is 3.57. The summed E-state index contributed by atoms with van der Waals surface area (Å²) in [5, 5.41) is 17.7. The molecular weight excluding hydrogens is 168 g/mol. The molecule has 0 atom stereocenters. The molecule has 0 unspecified atom stereocenters. The van der Waals surface area contributed by atoms with Crippen LogP contribution in [0.1, 0.15) is 5.56 Å². The largest absolute Gasteiger partial charge is 0.508 e. The summed E-state index contributed by atoms with van der Waals surface area (Å²) in [4.78, 5) is 3.85. The smallest absolute Gasteiger partial charge is 0.121 e. The molecule has 0 saturated heterocycles. The van der Waals surface area contributed by atoms with Crippen LogP contribution in [0.3, 0.4) is 0 Å². The Morgan fingerprint density at radius 2 is 2.18 bits per heavy atom. The van der Waals surface area contributed by atoms with E-state index in [2.05, 4.69) is 4.89 Å². The highest BCUT2D eigenvalue weighted by Crippen LogP contribution is 2.21. The van der Waals surface area contributed by atoms with Crippen molar-refractivity contribution in [3.8, 4) is 5.75 Å². The third-order valence-corrected chi connectivity index (χ3v) is 1.50. The van der Waals surface area contributed by atoms with Crippen molar-refractivity contribution in [2.45, 2.75) is 6.61 Å². The number of hydrogen-bond acceptors (Lipinski definition) is 3. The van der Waals surface area contributed by atoms with E-state index in [1.54, 1.807) is 6.07 Å². The van der Waals surface area contributed by atoms with E-state index in [0.29, 0.717) is 10.6 Å². The minimum absolute atomic E-state index is 0.0588. The maximum atomic E-state index is 9.12. The summed E-state index contributed by atoms with van der Waals surface area (Å²) in [7, 11) is 0. The summed E-state index contributed by atoms with van der Waals surface area (Å²) >= 11 is 5.60. The van der Waals surface area contributed by atoms with Gasteiger partial charge in [0.1, 0.15) is 12.4 Å². The van der Waals surface area contributed by atoms with Crippen molar-refractivity contribution in [1.29, 1.82) is 0 Å². The molecule has 0 aliphatic rings. The highest BCUT2D eigenvalue weighted by atomic mass is 35.5. The van der Waals surface area contributed by atoms with Crippen molar-refractivity contribution in [1.82, 2.24) is 0 Å². The summed E-state index contributed by atoms with van der Waals surface area (Å²) in [5.41, 5.74) is 0.458. The third-order valence-electron chi connectivity index (χ3n) is 1.26. The average molecular weight is 175 g/mol. The topological polar surface area (TPSA) is 49.7 Å². The first-order valence-electron chi connectivity index (χ1n) is 2.98. The molecule has 0 bridgehead atoms. The molecule has 4 heteroatoms. The van der Waals surface area contributed by atoms with Gasteiger partial charge < -0.3 is 5.11 Å². The summed E-state index contributed by atoms with van der Waals surface area (Å²) in [6.07, 6.45) is 0. The predicted octanol–water partition coefficient (Wildman–Crippen LogP) is 2.04. The van der Waals surface area contributed by atoms with Crippen LogP contribution >= 0.6 is 11.6 Å². The molecule has 1 aromatic rings. The number of aromatic hydroxyl groups is 1. The third kappa shape index (κ3) is 2.08. The van der Waals surface area contributed by atoms with Crippen LogP contribution in [-0.2, 0) is 11.5 Å². The molecular formula is C7H7ClO3. The van der Waals surface area contributed by atoms with Gasteiger partial charge in [0.25, 0.3) is 0 Å². The first-order valence-corrected chi connectivity index (χ1v) is 3.35. The molecule has 0 aliphatic heterocycles. The minimum atomic E-state index is -0.0631. The molecule has 0 fully saturated rings. The highest BCUT2D eigenvalue weighted by molar-refractivity contribution is 6.30. The van der Waals surface area contributed by atoms with Gasteiger partial charge in [-0.3, -0.25) is 5.26 Å². The maximum Gasteiger partial charge on any atom is 0.121 e. The van der Waals surface area contributed by atoms with E-state index < -0.39 is 0 Å². The lowest BCUT2D eigenvalue weighted by atomic mass is 10.2. The van der Waals surface area contributed by atoms with Crippen molar-refractivity contribution in [3.63, 3.8) is 0 Å². The van der Waals surface area contributed by atoms with Gasteiger partial charge in [-0.15, -0.1) is 0 Å². The van der Waals surface area contributed by atoms with E-state index in [1.165, 1.54) is 12.1 Å². The van der Waals surface area contributed by atoms with E-state index in [0.717, 1.165) is 0 Å². The van der Waals surface area contributed by atoms with E-state index in [4.69, 9.17) is 22.0 Å². The van der Waals surface area contributed by atoms with Gasteiger partial charge in [-0.25, -0.2) is 4.89 Å². The molecule has 0 aliphatic carbocycles. The maximum absolute atomic E-state index is 9.12. The Morgan fingerprint density at radius 1 is 1.45 bits per heavy atom. The van der Waals surface area contributed by atoms with E-state index >= 15 is 0 Å². The summed E-state index contributed by atoms with van der Waals surface area (Å²) in [6, 6.07) is 4.52. The number of phenols is 1. The molecule has 3 nitrogen and oxygen atoms in total. The Hall–Kier alpha value is -0.770. The van der Waals surface area contributed by atoms with E-state index in [1.807, 2.05) is 0 Å². The molecule has 0 spiro atoms. The fourth-order valence-corrected chi connectivity index (χ4v) is 0.934. The van der Waals surface area contributed by atoms with Gasteiger partial charge in [0.2, 0.25) is 0 Å². The fraction of sp³-hybridized carbons (Fsp3) is 0.143. The summed E-state index contributed by atoms with van der Waals surface area (Å²) in [5.74, 6) is 0.0588. The van der Waals surface area contributed by atoms with Crippen LogP contribution in [0.25, 0.3) is 0 Å². The molecule has 60 valence electrons. The van der Waals surface area contributed by atoms with Gasteiger partial charge >= 0.3 is 0 Å². The Kier molecular flexibility index (Phi) is 2.70. The van der Waals surface area contributed by atoms with Gasteiger partial charge in [0.15, 0.2) is 0 Å². The second-order valence-electron chi connectivity index (χ2n) is 2.05. The summed E-state index contributed by atoms with van der Waals surface area (Å²) in [6.45, 7) is -0.0631. The van der Waals surface area contributed by atoms with Crippen LogP contribution in [-0.4, -0.2) is 10.4 Å². The van der Waals surface area contributed by atoms with Crippen LogP contribution in [0.15, 0.2) is 18.2 Å². The zero-order chi connectivity index (χ0) is 8.27. The van der Waals surface area contributed by atoms with E-state index in [9.17, 15) is 0 Å². The lowest BCUT2D eigenvalue weighted by Gasteiger charge is -2.01. The number of rotatable bonds is 2. The zero-order valence-corrected chi connectivity index (χ0v) is 6.38. The molecule has 11 heavy (non-hydrogen) atoms. The minimum Gasteiger partial charge on any atom is -0.508 e. The summed E-state index contributed by atoms with van der Waals surface area (Å²) < 4.78 is 0. The molecule has 0 saturated carbocycles.